The third-order valence-corrected chi connectivity index (χ3v) is 4.52. The molecule has 0 bridgehead atoms. The first-order chi connectivity index (χ1) is 10.9. The molecule has 0 aromatic carbocycles. The van der Waals surface area contributed by atoms with Crippen molar-refractivity contribution in [1.29, 1.82) is 0 Å². The molecule has 0 saturated carbocycles. The number of nitrogens with one attached hydrogen (secondary N) is 2. The van der Waals surface area contributed by atoms with E-state index in [-0.39, 0.29) is 23.8 Å². The molecule has 0 spiro atoms. The molecule has 0 unspecified atom stereocenters. The molecule has 2 aliphatic heterocycles. The average Bonchev–Trinajstić information content (AvgIpc) is 3.16. The van der Waals surface area contributed by atoms with E-state index in [1.54, 1.807) is 0 Å². The van der Waals surface area contributed by atoms with Crippen molar-refractivity contribution in [1.82, 2.24) is 15.5 Å². The molecule has 130 valence electrons. The molecule has 0 aromatic rings. The van der Waals surface area contributed by atoms with Crippen molar-refractivity contribution in [2.24, 2.45) is 5.92 Å². The highest BCUT2D eigenvalue weighted by Crippen LogP contribution is 2.20. The lowest BCUT2D eigenvalue weighted by Crippen LogP contribution is -2.54. The fourth-order valence-electron chi connectivity index (χ4n) is 3.36. The Kier molecular flexibility index (Phi) is 5.98. The second-order valence-electron chi connectivity index (χ2n) is 6.87. The van der Waals surface area contributed by atoms with Crippen LogP contribution in [0, 0.1) is 5.92 Å². The molecule has 23 heavy (non-hydrogen) atoms. The van der Waals surface area contributed by atoms with Crippen LogP contribution in [0.4, 0.5) is 0 Å². The van der Waals surface area contributed by atoms with Crippen molar-refractivity contribution in [2.75, 3.05) is 13.1 Å². The van der Waals surface area contributed by atoms with E-state index < -0.39 is 18.1 Å². The van der Waals surface area contributed by atoms with Gasteiger partial charge in [0, 0.05) is 6.54 Å². The summed E-state index contributed by atoms with van der Waals surface area (Å²) in [5, 5.41) is 15.2. The second-order valence-corrected chi connectivity index (χ2v) is 6.87. The number of carboxylic acids is 1. The summed E-state index contributed by atoms with van der Waals surface area (Å²) in [6, 6.07) is -1.66. The number of rotatable bonds is 6. The first kappa shape index (κ1) is 17.7. The van der Waals surface area contributed by atoms with Crippen LogP contribution in [0.1, 0.15) is 46.0 Å². The van der Waals surface area contributed by atoms with E-state index in [4.69, 9.17) is 0 Å². The summed E-state index contributed by atoms with van der Waals surface area (Å²) in [6.07, 6.45) is 3.41. The molecule has 0 aromatic heterocycles. The van der Waals surface area contributed by atoms with Crippen molar-refractivity contribution in [2.45, 2.75) is 64.1 Å². The van der Waals surface area contributed by atoms with Crippen LogP contribution < -0.4 is 10.6 Å². The summed E-state index contributed by atoms with van der Waals surface area (Å²) >= 11 is 0. The van der Waals surface area contributed by atoms with Crippen molar-refractivity contribution in [3.63, 3.8) is 0 Å². The number of likely N-dealkylation sites (tertiary alicyclic amines) is 1. The molecule has 7 nitrogen and oxygen atoms in total. The van der Waals surface area contributed by atoms with E-state index in [0.717, 1.165) is 19.4 Å². The molecule has 2 saturated heterocycles. The quantitative estimate of drug-likeness (QED) is 0.654. The highest BCUT2D eigenvalue weighted by atomic mass is 16.4. The lowest BCUT2D eigenvalue weighted by atomic mass is 10.0. The molecular weight excluding hydrogens is 298 g/mol. The van der Waals surface area contributed by atoms with E-state index >= 15 is 0 Å². The molecule has 0 radical (unpaired) electrons. The Morgan fingerprint density at radius 1 is 1.26 bits per heavy atom. The molecular formula is C16H27N3O4. The Bertz CT molecular complexity index is 460. The maximum atomic E-state index is 12.8. The van der Waals surface area contributed by atoms with E-state index in [9.17, 15) is 19.5 Å². The van der Waals surface area contributed by atoms with Crippen LogP contribution in [0.5, 0.6) is 0 Å². The van der Waals surface area contributed by atoms with Gasteiger partial charge in [-0.05, 0) is 44.6 Å². The molecule has 2 fully saturated rings. The smallest absolute Gasteiger partial charge is 0.326 e. The number of hydrogen-bond acceptors (Lipinski definition) is 4. The molecule has 3 atom stereocenters. The Morgan fingerprint density at radius 2 is 2.00 bits per heavy atom. The van der Waals surface area contributed by atoms with E-state index in [2.05, 4.69) is 10.6 Å². The predicted molar refractivity (Wildman–Crippen MR) is 84.8 cm³/mol. The number of hydrogen-bond donors (Lipinski definition) is 3. The molecule has 0 aliphatic carbocycles. The van der Waals surface area contributed by atoms with Crippen molar-refractivity contribution >= 4 is 17.8 Å². The van der Waals surface area contributed by atoms with E-state index in [1.165, 1.54) is 4.90 Å². The summed E-state index contributed by atoms with van der Waals surface area (Å²) in [6.45, 7) is 5.23. The number of aliphatic carboxylic acids is 1. The van der Waals surface area contributed by atoms with Gasteiger partial charge in [-0.1, -0.05) is 13.8 Å². The molecule has 3 N–H and O–H groups in total. The SMILES string of the molecule is CC(C)C[C@H](NC(=O)[C@@H]1CCCN1)C(=O)N1CCC[C@H]1C(=O)O. The second kappa shape index (κ2) is 7.77. The number of nitrogens with zero attached hydrogens (tertiary/aromatic N) is 1. The van der Waals surface area contributed by atoms with Crippen molar-refractivity contribution in [3.05, 3.63) is 0 Å². The maximum Gasteiger partial charge on any atom is 0.326 e. The summed E-state index contributed by atoms with van der Waals surface area (Å²) < 4.78 is 0. The van der Waals surface area contributed by atoms with Crippen molar-refractivity contribution in [3.8, 4) is 0 Å². The normalized spacial score (nSPS) is 25.6. The number of carboxylic acid groups (broad SMARTS) is 1. The molecule has 2 amide bonds. The average molecular weight is 325 g/mol. The predicted octanol–water partition coefficient (Wildman–Crippen LogP) is 0.345. The van der Waals surface area contributed by atoms with Crippen LogP contribution >= 0.6 is 0 Å². The lowest BCUT2D eigenvalue weighted by Gasteiger charge is -2.29. The zero-order valence-corrected chi connectivity index (χ0v) is 13.9. The van der Waals surface area contributed by atoms with Crippen LogP contribution in [0.3, 0.4) is 0 Å². The van der Waals surface area contributed by atoms with Gasteiger partial charge in [-0.2, -0.15) is 0 Å². The van der Waals surface area contributed by atoms with Gasteiger partial charge in [0.15, 0.2) is 0 Å². The number of carbonyl (C=O) groups excluding carboxylic acids is 2. The van der Waals surface area contributed by atoms with Gasteiger partial charge in [-0.3, -0.25) is 9.59 Å². The minimum atomic E-state index is -0.970. The Morgan fingerprint density at radius 3 is 2.57 bits per heavy atom. The van der Waals surface area contributed by atoms with Crippen molar-refractivity contribution < 1.29 is 19.5 Å². The topological polar surface area (TPSA) is 98.7 Å². The Balaban J connectivity index is 2.05. The fraction of sp³-hybridized carbons (Fsp3) is 0.812. The minimum Gasteiger partial charge on any atom is -0.480 e. The van der Waals surface area contributed by atoms with Crippen LogP contribution in [-0.2, 0) is 14.4 Å². The third-order valence-electron chi connectivity index (χ3n) is 4.52. The van der Waals surface area contributed by atoms with Crippen LogP contribution in [0.2, 0.25) is 0 Å². The zero-order chi connectivity index (χ0) is 17.0. The fourth-order valence-corrected chi connectivity index (χ4v) is 3.36. The standard InChI is InChI=1S/C16H27N3O4/c1-10(2)9-12(18-14(20)11-5-3-7-17-11)15(21)19-8-4-6-13(19)16(22)23/h10-13,17H,3-9H2,1-2H3,(H,18,20)(H,22,23)/t11-,12-,13-/m0/s1. The summed E-state index contributed by atoms with van der Waals surface area (Å²) in [5.74, 6) is -1.17. The summed E-state index contributed by atoms with van der Waals surface area (Å²) in [7, 11) is 0. The summed E-state index contributed by atoms with van der Waals surface area (Å²) in [4.78, 5) is 37.8. The number of amides is 2. The highest BCUT2D eigenvalue weighted by molar-refractivity contribution is 5.92. The van der Waals surface area contributed by atoms with Gasteiger partial charge in [0.25, 0.3) is 0 Å². The van der Waals surface area contributed by atoms with Gasteiger partial charge < -0.3 is 20.6 Å². The molecule has 2 rings (SSSR count). The molecule has 7 heteroatoms. The first-order valence-electron chi connectivity index (χ1n) is 8.47. The Labute approximate surface area is 136 Å². The van der Waals surface area contributed by atoms with Gasteiger partial charge in [-0.25, -0.2) is 4.79 Å². The van der Waals surface area contributed by atoms with Gasteiger partial charge in [0.05, 0.1) is 6.04 Å². The third kappa shape index (κ3) is 4.43. The highest BCUT2D eigenvalue weighted by Gasteiger charge is 2.38. The van der Waals surface area contributed by atoms with Crippen LogP contribution in [-0.4, -0.2) is 59.0 Å². The maximum absolute atomic E-state index is 12.8. The first-order valence-corrected chi connectivity index (χ1v) is 8.47. The Hall–Kier alpha value is -1.63. The van der Waals surface area contributed by atoms with Crippen LogP contribution in [0.25, 0.3) is 0 Å². The van der Waals surface area contributed by atoms with E-state index in [0.29, 0.717) is 25.8 Å². The summed E-state index contributed by atoms with van der Waals surface area (Å²) in [5.41, 5.74) is 0. The van der Waals surface area contributed by atoms with Gasteiger partial charge in [0.1, 0.15) is 12.1 Å². The minimum absolute atomic E-state index is 0.160. The van der Waals surface area contributed by atoms with Gasteiger partial charge >= 0.3 is 5.97 Å². The monoisotopic (exact) mass is 325 g/mol. The van der Waals surface area contributed by atoms with E-state index in [1.807, 2.05) is 13.8 Å². The van der Waals surface area contributed by atoms with Crippen LogP contribution in [0.15, 0.2) is 0 Å². The molecule has 2 heterocycles. The zero-order valence-electron chi connectivity index (χ0n) is 13.9. The van der Waals surface area contributed by atoms with Gasteiger partial charge in [-0.15, -0.1) is 0 Å². The number of carbonyl (C=O) groups is 3. The molecule has 2 aliphatic rings. The van der Waals surface area contributed by atoms with Gasteiger partial charge in [0.2, 0.25) is 11.8 Å². The largest absolute Gasteiger partial charge is 0.480 e. The lowest BCUT2D eigenvalue weighted by molar-refractivity contribution is -0.149.